The third-order valence-electron chi connectivity index (χ3n) is 3.88. The molecule has 0 saturated heterocycles. The molecular formula is C18H15N7. The van der Waals surface area contributed by atoms with Crippen molar-refractivity contribution in [1.82, 2.24) is 19.7 Å². The minimum atomic E-state index is 0.364. The van der Waals surface area contributed by atoms with Crippen molar-refractivity contribution in [3.05, 3.63) is 66.9 Å². The Morgan fingerprint density at radius 1 is 0.960 bits per heavy atom. The van der Waals surface area contributed by atoms with Crippen LogP contribution in [-0.2, 0) is 0 Å². The minimum Gasteiger partial charge on any atom is -0.382 e. The Bertz CT molecular complexity index is 1050. The highest BCUT2D eigenvalue weighted by Crippen LogP contribution is 2.32. The summed E-state index contributed by atoms with van der Waals surface area (Å²) >= 11 is 0. The first-order valence-corrected chi connectivity index (χ1v) is 7.72. The molecular weight excluding hydrogens is 314 g/mol. The zero-order valence-electron chi connectivity index (χ0n) is 13.5. The number of pyridine rings is 1. The molecule has 0 unspecified atom stereocenters. The van der Waals surface area contributed by atoms with Crippen LogP contribution in [0.1, 0.15) is 5.56 Å². The van der Waals surface area contributed by atoms with Crippen LogP contribution >= 0.6 is 0 Å². The molecule has 0 radical (unpaired) electrons. The Morgan fingerprint density at radius 2 is 1.72 bits per heavy atom. The maximum absolute atomic E-state index is 6.01. The van der Waals surface area contributed by atoms with Gasteiger partial charge in [-0.3, -0.25) is 4.57 Å². The molecule has 2 heterocycles. The summed E-state index contributed by atoms with van der Waals surface area (Å²) in [6.07, 6.45) is 5.03. The Morgan fingerprint density at radius 3 is 2.48 bits per heavy atom. The molecule has 0 bridgehead atoms. The maximum Gasteiger partial charge on any atom is 0.151 e. The van der Waals surface area contributed by atoms with Crippen LogP contribution in [0.2, 0.25) is 0 Å². The Hall–Kier alpha value is -3.61. The first-order chi connectivity index (χ1) is 12.2. The number of rotatable bonds is 3. The standard InChI is InChI=1S/C18H15N7/c1-12-2-3-13-9-20-18(19)17(16(13)8-12)24-23-14-4-6-15(7-5-14)25-10-21-22-11-25/h2-11H,1H3,(H2,19,20)/b24-23+. The second-order valence-electron chi connectivity index (χ2n) is 5.67. The van der Waals surface area contributed by atoms with Gasteiger partial charge in [-0.05, 0) is 37.3 Å². The van der Waals surface area contributed by atoms with Gasteiger partial charge < -0.3 is 5.73 Å². The number of hydrogen-bond donors (Lipinski definition) is 1. The maximum atomic E-state index is 6.01. The summed E-state index contributed by atoms with van der Waals surface area (Å²) in [7, 11) is 0. The molecule has 0 fully saturated rings. The van der Waals surface area contributed by atoms with Crippen molar-refractivity contribution < 1.29 is 0 Å². The molecule has 4 rings (SSSR count). The molecule has 0 saturated carbocycles. The molecule has 0 atom stereocenters. The lowest BCUT2D eigenvalue weighted by Gasteiger charge is -2.05. The van der Waals surface area contributed by atoms with Crippen LogP contribution in [0.3, 0.4) is 0 Å². The molecule has 0 amide bonds. The summed E-state index contributed by atoms with van der Waals surface area (Å²) < 4.78 is 1.82. The summed E-state index contributed by atoms with van der Waals surface area (Å²) in [4.78, 5) is 4.20. The largest absolute Gasteiger partial charge is 0.382 e. The van der Waals surface area contributed by atoms with E-state index in [9.17, 15) is 0 Å². The van der Waals surface area contributed by atoms with Gasteiger partial charge in [0.25, 0.3) is 0 Å². The van der Waals surface area contributed by atoms with Gasteiger partial charge in [0.05, 0.1) is 5.69 Å². The summed E-state index contributed by atoms with van der Waals surface area (Å²) in [5, 5.41) is 18.2. The quantitative estimate of drug-likeness (QED) is 0.572. The number of nitrogens with zero attached hydrogens (tertiary/aromatic N) is 6. The van der Waals surface area contributed by atoms with Crippen molar-refractivity contribution in [1.29, 1.82) is 0 Å². The molecule has 7 heteroatoms. The van der Waals surface area contributed by atoms with Crippen LogP contribution in [0, 0.1) is 6.92 Å². The Labute approximate surface area is 143 Å². The second kappa shape index (κ2) is 6.12. The highest BCUT2D eigenvalue weighted by atomic mass is 15.2. The van der Waals surface area contributed by atoms with E-state index in [1.165, 1.54) is 0 Å². The molecule has 4 aromatic rings. The van der Waals surface area contributed by atoms with Gasteiger partial charge in [-0.2, -0.15) is 5.11 Å². The number of benzene rings is 2. The molecule has 0 spiro atoms. The van der Waals surface area contributed by atoms with E-state index in [4.69, 9.17) is 5.73 Å². The van der Waals surface area contributed by atoms with E-state index < -0.39 is 0 Å². The van der Waals surface area contributed by atoms with Gasteiger partial charge in [-0.15, -0.1) is 15.3 Å². The van der Waals surface area contributed by atoms with E-state index in [-0.39, 0.29) is 0 Å². The first-order valence-electron chi connectivity index (χ1n) is 7.72. The van der Waals surface area contributed by atoms with Gasteiger partial charge in [-0.25, -0.2) is 4.98 Å². The van der Waals surface area contributed by atoms with Gasteiger partial charge in [0.2, 0.25) is 0 Å². The SMILES string of the molecule is Cc1ccc2cnc(N)c(/N=N/c3ccc(-n4cnnc4)cc3)c2c1. The van der Waals surface area contributed by atoms with Gasteiger partial charge >= 0.3 is 0 Å². The molecule has 2 aromatic carbocycles. The molecule has 2 aromatic heterocycles. The number of azo groups is 1. The van der Waals surface area contributed by atoms with Crippen LogP contribution < -0.4 is 5.73 Å². The molecule has 2 N–H and O–H groups in total. The first kappa shape index (κ1) is 14.9. The molecule has 0 aliphatic rings. The van der Waals surface area contributed by atoms with Crippen molar-refractivity contribution >= 4 is 28.0 Å². The zero-order valence-corrected chi connectivity index (χ0v) is 13.5. The summed E-state index contributed by atoms with van der Waals surface area (Å²) in [6.45, 7) is 2.03. The monoisotopic (exact) mass is 329 g/mol. The molecule has 25 heavy (non-hydrogen) atoms. The summed E-state index contributed by atoms with van der Waals surface area (Å²) in [5.74, 6) is 0.364. The van der Waals surface area contributed by atoms with Crippen molar-refractivity contribution in [3.8, 4) is 5.69 Å². The highest BCUT2D eigenvalue weighted by molar-refractivity contribution is 5.96. The number of hydrogen-bond acceptors (Lipinski definition) is 6. The van der Waals surface area contributed by atoms with Gasteiger partial charge in [0, 0.05) is 22.7 Å². The van der Waals surface area contributed by atoms with Crippen LogP contribution in [0.5, 0.6) is 0 Å². The predicted molar refractivity (Wildman–Crippen MR) is 96.4 cm³/mol. The fourth-order valence-electron chi connectivity index (χ4n) is 2.56. The van der Waals surface area contributed by atoms with Crippen LogP contribution in [0.4, 0.5) is 17.2 Å². The number of aryl methyl sites for hydroxylation is 1. The van der Waals surface area contributed by atoms with Gasteiger partial charge in [-0.1, -0.05) is 17.7 Å². The van der Waals surface area contributed by atoms with Crippen molar-refractivity contribution in [2.75, 3.05) is 5.73 Å². The summed E-state index contributed by atoms with van der Waals surface area (Å²) in [6, 6.07) is 13.7. The van der Waals surface area contributed by atoms with E-state index >= 15 is 0 Å². The second-order valence-corrected chi connectivity index (χ2v) is 5.67. The Balaban J connectivity index is 1.69. The highest BCUT2D eigenvalue weighted by Gasteiger charge is 2.06. The number of nitrogen functional groups attached to an aromatic ring is 1. The average Bonchev–Trinajstić information content (AvgIpc) is 3.16. The van der Waals surface area contributed by atoms with Crippen LogP contribution in [0.15, 0.2) is 71.5 Å². The smallest absolute Gasteiger partial charge is 0.151 e. The van der Waals surface area contributed by atoms with Crippen molar-refractivity contribution in [2.24, 2.45) is 10.2 Å². The molecule has 7 nitrogen and oxygen atoms in total. The van der Waals surface area contributed by atoms with E-state index in [0.29, 0.717) is 11.5 Å². The fourth-order valence-corrected chi connectivity index (χ4v) is 2.56. The number of fused-ring (bicyclic) bond motifs is 1. The van der Waals surface area contributed by atoms with Gasteiger partial charge in [0.15, 0.2) is 5.82 Å². The van der Waals surface area contributed by atoms with Crippen LogP contribution in [-0.4, -0.2) is 19.7 Å². The predicted octanol–water partition coefficient (Wildman–Crippen LogP) is 4.12. The number of aromatic nitrogens is 4. The van der Waals surface area contributed by atoms with Gasteiger partial charge in [0.1, 0.15) is 18.3 Å². The van der Waals surface area contributed by atoms with E-state index in [2.05, 4.69) is 25.4 Å². The number of anilines is 1. The normalized spacial score (nSPS) is 11.4. The average molecular weight is 329 g/mol. The lowest BCUT2D eigenvalue weighted by atomic mass is 10.1. The lowest BCUT2D eigenvalue weighted by molar-refractivity contribution is 1.05. The topological polar surface area (TPSA) is 94.3 Å². The molecule has 0 aliphatic carbocycles. The fraction of sp³-hybridized carbons (Fsp3) is 0.0556. The Kier molecular flexibility index (Phi) is 3.66. The number of nitrogens with two attached hydrogens (primary N) is 1. The molecule has 0 aliphatic heterocycles. The minimum absolute atomic E-state index is 0.364. The summed E-state index contributed by atoms with van der Waals surface area (Å²) in [5.41, 5.74) is 9.40. The zero-order chi connectivity index (χ0) is 17.2. The third-order valence-corrected chi connectivity index (χ3v) is 3.88. The van der Waals surface area contributed by atoms with E-state index in [1.807, 2.05) is 54.0 Å². The molecule has 122 valence electrons. The van der Waals surface area contributed by atoms with E-state index in [0.717, 1.165) is 27.7 Å². The van der Waals surface area contributed by atoms with E-state index in [1.54, 1.807) is 18.9 Å². The van der Waals surface area contributed by atoms with Crippen LogP contribution in [0.25, 0.3) is 16.5 Å². The lowest BCUT2D eigenvalue weighted by Crippen LogP contribution is -1.91. The van der Waals surface area contributed by atoms with Crippen molar-refractivity contribution in [3.63, 3.8) is 0 Å². The third kappa shape index (κ3) is 2.94. The van der Waals surface area contributed by atoms with Crippen molar-refractivity contribution in [2.45, 2.75) is 6.92 Å².